The van der Waals surface area contributed by atoms with Crippen LogP contribution in [0.2, 0.25) is 0 Å². The SMILES string of the molecule is COc1cc(Nc2cc(Oc3ccc(NC(=O)O)c4ccccc34)ccn2)ccc1S(=O)(=O)N(C)CCCN1CCOCC1. The van der Waals surface area contributed by atoms with E-state index in [0.29, 0.717) is 60.3 Å². The lowest BCUT2D eigenvalue weighted by Gasteiger charge is -2.27. The van der Waals surface area contributed by atoms with Crippen LogP contribution in [0.1, 0.15) is 6.42 Å². The Hall–Kier alpha value is -4.43. The number of benzene rings is 3. The number of nitrogens with zero attached hydrogens (tertiary/aromatic N) is 3. The van der Waals surface area contributed by atoms with Crippen LogP contribution < -0.4 is 20.1 Å². The van der Waals surface area contributed by atoms with Crippen molar-refractivity contribution in [3.8, 4) is 17.2 Å². The van der Waals surface area contributed by atoms with Gasteiger partial charge in [-0.3, -0.25) is 10.2 Å². The molecule has 3 aromatic carbocycles. The second kappa shape index (κ2) is 13.9. The molecule has 44 heavy (non-hydrogen) atoms. The molecule has 0 saturated carbocycles. The van der Waals surface area contributed by atoms with E-state index in [1.54, 1.807) is 49.6 Å². The lowest BCUT2D eigenvalue weighted by Crippen LogP contribution is -2.38. The van der Waals surface area contributed by atoms with E-state index in [1.165, 1.54) is 17.5 Å². The van der Waals surface area contributed by atoms with Crippen LogP contribution in [-0.2, 0) is 14.8 Å². The largest absolute Gasteiger partial charge is 0.495 e. The van der Waals surface area contributed by atoms with Gasteiger partial charge in [-0.05, 0) is 43.3 Å². The number of rotatable bonds is 12. The van der Waals surface area contributed by atoms with E-state index >= 15 is 0 Å². The maximum absolute atomic E-state index is 13.4. The maximum Gasteiger partial charge on any atom is 0.409 e. The third kappa shape index (κ3) is 7.37. The predicted molar refractivity (Wildman–Crippen MR) is 168 cm³/mol. The second-order valence-corrected chi connectivity index (χ2v) is 12.2. The van der Waals surface area contributed by atoms with Crippen LogP contribution in [0.3, 0.4) is 0 Å². The van der Waals surface area contributed by atoms with Crippen LogP contribution in [-0.4, -0.2) is 87.4 Å². The number of carbonyl (C=O) groups is 1. The van der Waals surface area contributed by atoms with Crippen LogP contribution in [0.15, 0.2) is 77.8 Å². The van der Waals surface area contributed by atoms with E-state index in [4.69, 9.17) is 19.3 Å². The quantitative estimate of drug-likeness (QED) is 0.193. The van der Waals surface area contributed by atoms with Gasteiger partial charge in [0.1, 0.15) is 28.0 Å². The van der Waals surface area contributed by atoms with Gasteiger partial charge in [-0.15, -0.1) is 0 Å². The number of fused-ring (bicyclic) bond motifs is 1. The molecule has 1 saturated heterocycles. The molecule has 1 aromatic heterocycles. The van der Waals surface area contributed by atoms with Crippen molar-refractivity contribution in [1.82, 2.24) is 14.2 Å². The zero-order valence-corrected chi connectivity index (χ0v) is 25.3. The number of pyridine rings is 1. The van der Waals surface area contributed by atoms with Crippen molar-refractivity contribution in [2.45, 2.75) is 11.3 Å². The van der Waals surface area contributed by atoms with Gasteiger partial charge in [-0.25, -0.2) is 22.5 Å². The fourth-order valence-corrected chi connectivity index (χ4v) is 6.33. The monoisotopic (exact) mass is 621 g/mol. The Morgan fingerprint density at radius 1 is 1.05 bits per heavy atom. The Bertz CT molecular complexity index is 1730. The highest BCUT2D eigenvalue weighted by Crippen LogP contribution is 2.35. The van der Waals surface area contributed by atoms with E-state index in [1.807, 2.05) is 24.3 Å². The minimum absolute atomic E-state index is 0.0807. The highest BCUT2D eigenvalue weighted by Gasteiger charge is 2.25. The van der Waals surface area contributed by atoms with Crippen molar-refractivity contribution in [1.29, 1.82) is 0 Å². The third-order valence-electron chi connectivity index (χ3n) is 7.26. The number of carboxylic acid groups (broad SMARTS) is 1. The van der Waals surface area contributed by atoms with Gasteiger partial charge in [0.2, 0.25) is 10.0 Å². The molecule has 0 unspecified atom stereocenters. The van der Waals surface area contributed by atoms with E-state index in [0.717, 1.165) is 25.0 Å². The first-order chi connectivity index (χ1) is 21.2. The van der Waals surface area contributed by atoms with Crippen molar-refractivity contribution >= 4 is 44.1 Å². The zero-order chi connectivity index (χ0) is 31.1. The summed E-state index contributed by atoms with van der Waals surface area (Å²) in [7, 11) is -0.765. The lowest BCUT2D eigenvalue weighted by atomic mass is 10.1. The molecule has 1 aliphatic rings. The number of anilines is 3. The zero-order valence-electron chi connectivity index (χ0n) is 24.5. The van der Waals surface area contributed by atoms with Crippen LogP contribution in [0.5, 0.6) is 17.2 Å². The molecule has 0 bridgehead atoms. The summed E-state index contributed by atoms with van der Waals surface area (Å²) >= 11 is 0. The molecule has 1 fully saturated rings. The Kier molecular flexibility index (Phi) is 9.80. The molecule has 12 nitrogen and oxygen atoms in total. The average molecular weight is 622 g/mol. The topological polar surface area (TPSA) is 143 Å². The fourth-order valence-electron chi connectivity index (χ4n) is 4.99. The van der Waals surface area contributed by atoms with Gasteiger partial charge >= 0.3 is 6.09 Å². The number of amides is 1. The Balaban J connectivity index is 1.28. The summed E-state index contributed by atoms with van der Waals surface area (Å²) in [4.78, 5) is 17.9. The average Bonchev–Trinajstić information content (AvgIpc) is 3.02. The molecular weight excluding hydrogens is 586 g/mol. The van der Waals surface area contributed by atoms with Crippen molar-refractivity contribution in [2.75, 3.05) is 64.2 Å². The van der Waals surface area contributed by atoms with E-state index in [2.05, 4.69) is 20.5 Å². The molecular formula is C31H35N5O7S. The number of hydrogen-bond donors (Lipinski definition) is 3. The van der Waals surface area contributed by atoms with Gasteiger partial charge in [-0.1, -0.05) is 24.3 Å². The van der Waals surface area contributed by atoms with Gasteiger partial charge in [0.25, 0.3) is 0 Å². The molecule has 1 aliphatic heterocycles. The molecule has 1 amide bonds. The summed E-state index contributed by atoms with van der Waals surface area (Å²) in [6.07, 6.45) is 1.14. The number of hydrogen-bond acceptors (Lipinski definition) is 9. The van der Waals surface area contributed by atoms with Gasteiger partial charge in [0.15, 0.2) is 0 Å². The molecule has 0 spiro atoms. The minimum atomic E-state index is -3.78. The Labute approximate surface area is 256 Å². The number of morpholine rings is 1. The van der Waals surface area contributed by atoms with Crippen LogP contribution in [0.25, 0.3) is 10.8 Å². The number of methoxy groups -OCH3 is 1. The van der Waals surface area contributed by atoms with E-state index < -0.39 is 16.1 Å². The molecule has 4 aromatic rings. The molecule has 13 heteroatoms. The Morgan fingerprint density at radius 2 is 1.82 bits per heavy atom. The van der Waals surface area contributed by atoms with Crippen molar-refractivity contribution < 1.29 is 32.5 Å². The smallest absolute Gasteiger partial charge is 0.409 e. The third-order valence-corrected chi connectivity index (χ3v) is 9.16. The summed E-state index contributed by atoms with van der Waals surface area (Å²) in [5, 5.41) is 16.2. The van der Waals surface area contributed by atoms with Crippen LogP contribution in [0.4, 0.5) is 22.0 Å². The van der Waals surface area contributed by atoms with Crippen molar-refractivity contribution in [3.63, 3.8) is 0 Å². The molecule has 0 atom stereocenters. The second-order valence-electron chi connectivity index (χ2n) is 10.2. The predicted octanol–water partition coefficient (Wildman–Crippen LogP) is 5.21. The van der Waals surface area contributed by atoms with Crippen molar-refractivity contribution in [3.05, 3.63) is 72.9 Å². The van der Waals surface area contributed by atoms with Gasteiger partial charge in [0.05, 0.1) is 26.0 Å². The van der Waals surface area contributed by atoms with Gasteiger partial charge in [-0.2, -0.15) is 0 Å². The summed E-state index contributed by atoms with van der Waals surface area (Å²) in [6, 6.07) is 18.9. The first kappa shape index (κ1) is 31.0. The number of ether oxygens (including phenoxy) is 3. The molecule has 0 aliphatic carbocycles. The first-order valence-corrected chi connectivity index (χ1v) is 15.6. The van der Waals surface area contributed by atoms with E-state index in [-0.39, 0.29) is 10.6 Å². The molecule has 5 rings (SSSR count). The molecule has 0 radical (unpaired) electrons. The van der Waals surface area contributed by atoms with Crippen LogP contribution >= 0.6 is 0 Å². The standard InChI is InChI=1S/C31H35N5O7S/c1-35(14-5-15-36-16-18-42-19-17-36)44(39,40)29-11-8-22(20-28(29)41-2)33-30-21-23(12-13-32-30)43-27-10-9-26(34-31(37)38)24-6-3-4-7-25(24)27/h3-4,6-13,20-21,34H,5,14-19H2,1-2H3,(H,32,33)(H,37,38). The number of nitrogens with one attached hydrogen (secondary N) is 2. The summed E-state index contributed by atoms with van der Waals surface area (Å²) in [5.74, 6) is 1.72. The fraction of sp³-hybridized carbons (Fsp3) is 0.290. The molecule has 232 valence electrons. The van der Waals surface area contributed by atoms with Gasteiger partial charge < -0.3 is 24.6 Å². The van der Waals surface area contributed by atoms with Gasteiger partial charge in [0, 0.05) is 61.5 Å². The number of sulfonamides is 1. The summed E-state index contributed by atoms with van der Waals surface area (Å²) < 4.78 is 45.1. The van der Waals surface area contributed by atoms with E-state index in [9.17, 15) is 13.2 Å². The number of aromatic nitrogens is 1. The van der Waals surface area contributed by atoms with Crippen LogP contribution in [0, 0.1) is 0 Å². The maximum atomic E-state index is 13.4. The van der Waals surface area contributed by atoms with Crippen molar-refractivity contribution in [2.24, 2.45) is 0 Å². The molecule has 2 heterocycles. The first-order valence-electron chi connectivity index (χ1n) is 14.1. The minimum Gasteiger partial charge on any atom is -0.495 e. The normalized spacial score (nSPS) is 14.0. The summed E-state index contributed by atoms with van der Waals surface area (Å²) in [5.41, 5.74) is 1.03. The summed E-state index contributed by atoms with van der Waals surface area (Å²) in [6.45, 7) is 4.32. The Morgan fingerprint density at radius 3 is 2.57 bits per heavy atom. The highest BCUT2D eigenvalue weighted by molar-refractivity contribution is 7.89. The highest BCUT2D eigenvalue weighted by atomic mass is 32.2. The lowest BCUT2D eigenvalue weighted by molar-refractivity contribution is 0.0370. The molecule has 3 N–H and O–H groups in total.